The summed E-state index contributed by atoms with van der Waals surface area (Å²) in [5, 5.41) is 15.1. The van der Waals surface area contributed by atoms with E-state index in [2.05, 4.69) is 38.5 Å². The molecule has 1 heterocycles. The van der Waals surface area contributed by atoms with Crippen LogP contribution in [0.1, 0.15) is 24.0 Å². The van der Waals surface area contributed by atoms with Crippen LogP contribution < -0.4 is 16.4 Å². The minimum absolute atomic E-state index is 0.292. The number of aromatic nitrogens is 2. The van der Waals surface area contributed by atoms with E-state index in [1.54, 1.807) is 25.4 Å². The van der Waals surface area contributed by atoms with Crippen LogP contribution in [0.4, 0.5) is 17.5 Å². The number of benzene rings is 1. The van der Waals surface area contributed by atoms with Crippen molar-refractivity contribution < 1.29 is 0 Å². The van der Waals surface area contributed by atoms with Gasteiger partial charge in [-0.2, -0.15) is 10.2 Å². The Balaban J connectivity index is 1.77. The number of nitrogens with two attached hydrogens (primary N) is 1. The lowest BCUT2D eigenvalue weighted by atomic mass is 9.81. The fraction of sp³-hybridized carbons (Fsp3) is 0.278. The highest BCUT2D eigenvalue weighted by Crippen LogP contribution is 2.25. The van der Waals surface area contributed by atoms with Crippen molar-refractivity contribution >= 4 is 17.5 Å². The van der Waals surface area contributed by atoms with Crippen LogP contribution in [-0.4, -0.2) is 23.1 Å². The highest BCUT2D eigenvalue weighted by molar-refractivity contribution is 5.60. The molecule has 3 rings (SSSR count). The van der Waals surface area contributed by atoms with Gasteiger partial charge >= 0.3 is 0 Å². The average Bonchev–Trinajstić information content (AvgIpc) is 2.58. The summed E-state index contributed by atoms with van der Waals surface area (Å²) in [5.74, 6) is 7.84. The van der Waals surface area contributed by atoms with Crippen molar-refractivity contribution in [1.82, 2.24) is 9.97 Å². The molecular weight excluding hydrogens is 300 g/mol. The molecule has 0 radical (unpaired) electrons. The zero-order valence-corrected chi connectivity index (χ0v) is 13.4. The van der Waals surface area contributed by atoms with Crippen LogP contribution in [0.5, 0.6) is 0 Å². The van der Waals surface area contributed by atoms with Gasteiger partial charge in [0, 0.05) is 24.7 Å². The molecule has 1 aliphatic carbocycles. The summed E-state index contributed by atoms with van der Waals surface area (Å²) in [7, 11) is 1.80. The molecule has 1 aromatic carbocycles. The molecule has 24 heavy (non-hydrogen) atoms. The predicted molar refractivity (Wildman–Crippen MR) is 93.6 cm³/mol. The van der Waals surface area contributed by atoms with Gasteiger partial charge in [0.25, 0.3) is 0 Å². The van der Waals surface area contributed by atoms with Crippen LogP contribution in [0.25, 0.3) is 0 Å². The smallest absolute Gasteiger partial charge is 0.229 e. The second kappa shape index (κ2) is 6.99. The largest absolute Gasteiger partial charge is 0.372 e. The molecule has 0 aliphatic heterocycles. The predicted octanol–water partition coefficient (Wildman–Crippen LogP) is 2.22. The topological polar surface area (TPSA) is 99.6 Å². The zero-order valence-electron chi connectivity index (χ0n) is 13.4. The number of hydrogen-bond donors (Lipinski definition) is 3. The van der Waals surface area contributed by atoms with Gasteiger partial charge in [0.2, 0.25) is 5.95 Å². The average molecular weight is 318 g/mol. The number of hydrogen-bond acceptors (Lipinski definition) is 6. The molecule has 2 aromatic rings. The van der Waals surface area contributed by atoms with Crippen LogP contribution in [0.15, 0.2) is 30.5 Å². The van der Waals surface area contributed by atoms with Crippen molar-refractivity contribution in [2.75, 3.05) is 17.7 Å². The van der Waals surface area contributed by atoms with Gasteiger partial charge in [0.1, 0.15) is 5.82 Å². The van der Waals surface area contributed by atoms with E-state index in [0.29, 0.717) is 29.3 Å². The second-order valence-electron chi connectivity index (χ2n) is 5.72. The van der Waals surface area contributed by atoms with Crippen molar-refractivity contribution in [2.45, 2.75) is 18.9 Å². The standard InChI is InChI=1S/C18H18N6/c1-21-17-14(6-5-12-7-15(20)8-12)11-22-18(24-17)23-16-4-2-3-13(9-16)10-19/h2-4,9,11-12,15H,7-8,20H2,1H3,(H2,21,22,23,24)/t12-,15+. The monoisotopic (exact) mass is 318 g/mol. The lowest BCUT2D eigenvalue weighted by molar-refractivity contribution is 0.335. The SMILES string of the molecule is CNc1nc(Nc2cccc(C#N)c2)ncc1C#C[C@H]1C[C@@H](N)C1. The maximum Gasteiger partial charge on any atom is 0.229 e. The quantitative estimate of drug-likeness (QED) is 0.750. The summed E-state index contributed by atoms with van der Waals surface area (Å²) in [6.07, 6.45) is 3.61. The Labute approximate surface area is 141 Å². The molecule has 0 amide bonds. The highest BCUT2D eigenvalue weighted by atomic mass is 15.1. The molecule has 4 N–H and O–H groups in total. The molecule has 1 aliphatic rings. The molecule has 1 saturated carbocycles. The van der Waals surface area contributed by atoms with E-state index in [-0.39, 0.29) is 0 Å². The number of anilines is 3. The maximum absolute atomic E-state index is 8.95. The molecule has 0 unspecified atom stereocenters. The highest BCUT2D eigenvalue weighted by Gasteiger charge is 2.23. The first-order valence-electron chi connectivity index (χ1n) is 7.77. The van der Waals surface area contributed by atoms with Crippen LogP contribution in [0.3, 0.4) is 0 Å². The van der Waals surface area contributed by atoms with Crippen molar-refractivity contribution in [3.63, 3.8) is 0 Å². The summed E-state index contributed by atoms with van der Waals surface area (Å²) < 4.78 is 0. The van der Waals surface area contributed by atoms with Crippen molar-refractivity contribution in [3.8, 4) is 17.9 Å². The van der Waals surface area contributed by atoms with Crippen molar-refractivity contribution in [1.29, 1.82) is 5.26 Å². The van der Waals surface area contributed by atoms with Gasteiger partial charge in [-0.3, -0.25) is 0 Å². The summed E-state index contributed by atoms with van der Waals surface area (Å²) in [5.41, 5.74) is 7.87. The fourth-order valence-electron chi connectivity index (χ4n) is 2.48. The van der Waals surface area contributed by atoms with Gasteiger partial charge in [-0.1, -0.05) is 17.9 Å². The Hall–Kier alpha value is -3.09. The Kier molecular flexibility index (Phi) is 4.60. The van der Waals surface area contributed by atoms with E-state index >= 15 is 0 Å². The normalized spacial score (nSPS) is 18.5. The molecule has 1 fully saturated rings. The molecule has 0 atom stereocenters. The summed E-state index contributed by atoms with van der Waals surface area (Å²) >= 11 is 0. The molecule has 0 saturated heterocycles. The molecule has 120 valence electrons. The summed E-state index contributed by atoms with van der Waals surface area (Å²) in [6, 6.07) is 9.56. The van der Waals surface area contributed by atoms with E-state index in [1.165, 1.54) is 0 Å². The third kappa shape index (κ3) is 3.62. The Morgan fingerprint density at radius 2 is 2.17 bits per heavy atom. The third-order valence-electron chi connectivity index (χ3n) is 3.86. The third-order valence-corrected chi connectivity index (χ3v) is 3.86. The van der Waals surface area contributed by atoms with Gasteiger partial charge in [0.05, 0.1) is 23.4 Å². The van der Waals surface area contributed by atoms with E-state index in [1.807, 2.05) is 12.1 Å². The molecular formula is C18H18N6. The summed E-state index contributed by atoms with van der Waals surface area (Å²) in [6.45, 7) is 0. The number of nitriles is 1. The minimum atomic E-state index is 0.292. The Bertz CT molecular complexity index is 837. The van der Waals surface area contributed by atoms with Gasteiger partial charge in [-0.15, -0.1) is 0 Å². The van der Waals surface area contributed by atoms with Gasteiger partial charge in [-0.25, -0.2) is 4.98 Å². The molecule has 6 heteroatoms. The zero-order chi connectivity index (χ0) is 16.9. The van der Waals surface area contributed by atoms with Crippen molar-refractivity contribution in [2.24, 2.45) is 11.7 Å². The second-order valence-corrected chi connectivity index (χ2v) is 5.72. The van der Waals surface area contributed by atoms with Gasteiger partial charge < -0.3 is 16.4 Å². The van der Waals surface area contributed by atoms with Crippen LogP contribution in [0.2, 0.25) is 0 Å². The number of nitrogens with zero attached hydrogens (tertiary/aromatic N) is 3. The molecule has 1 aromatic heterocycles. The lowest BCUT2D eigenvalue weighted by Gasteiger charge is -2.27. The Morgan fingerprint density at radius 1 is 1.33 bits per heavy atom. The first-order chi connectivity index (χ1) is 11.7. The van der Waals surface area contributed by atoms with Gasteiger partial charge in [-0.05, 0) is 31.0 Å². The fourth-order valence-corrected chi connectivity index (χ4v) is 2.48. The number of rotatable bonds is 3. The maximum atomic E-state index is 8.95. The Morgan fingerprint density at radius 3 is 2.88 bits per heavy atom. The first kappa shape index (κ1) is 15.8. The van der Waals surface area contributed by atoms with E-state index in [4.69, 9.17) is 11.0 Å². The molecule has 0 spiro atoms. The van der Waals surface area contributed by atoms with E-state index < -0.39 is 0 Å². The van der Waals surface area contributed by atoms with Crippen LogP contribution >= 0.6 is 0 Å². The lowest BCUT2D eigenvalue weighted by Crippen LogP contribution is -2.35. The summed E-state index contributed by atoms with van der Waals surface area (Å²) in [4.78, 5) is 8.74. The number of nitrogens with one attached hydrogen (secondary N) is 2. The van der Waals surface area contributed by atoms with E-state index in [9.17, 15) is 0 Å². The van der Waals surface area contributed by atoms with Crippen LogP contribution in [0, 0.1) is 29.1 Å². The van der Waals surface area contributed by atoms with E-state index in [0.717, 1.165) is 24.1 Å². The first-order valence-corrected chi connectivity index (χ1v) is 7.77. The minimum Gasteiger partial charge on any atom is -0.372 e. The molecule has 0 bridgehead atoms. The van der Waals surface area contributed by atoms with Crippen molar-refractivity contribution in [3.05, 3.63) is 41.6 Å². The van der Waals surface area contributed by atoms with Crippen LogP contribution in [-0.2, 0) is 0 Å². The van der Waals surface area contributed by atoms with Gasteiger partial charge in [0.15, 0.2) is 0 Å². The molecule has 6 nitrogen and oxygen atoms in total.